The fourth-order valence-electron chi connectivity index (χ4n) is 2.71. The maximum atomic E-state index is 12.1. The highest BCUT2D eigenvalue weighted by Crippen LogP contribution is 2.19. The van der Waals surface area contributed by atoms with Crippen LogP contribution in [0.5, 0.6) is 0 Å². The van der Waals surface area contributed by atoms with Crippen molar-refractivity contribution < 1.29 is 4.79 Å². The summed E-state index contributed by atoms with van der Waals surface area (Å²) in [6.07, 6.45) is 7.43. The number of rotatable bonds is 5. The molecule has 1 aliphatic rings. The van der Waals surface area contributed by atoms with Gasteiger partial charge in [0.05, 0.1) is 11.4 Å². The summed E-state index contributed by atoms with van der Waals surface area (Å²) in [6.45, 7) is 1.08. The van der Waals surface area contributed by atoms with E-state index >= 15 is 0 Å². The smallest absolute Gasteiger partial charge is 0.224 e. The highest BCUT2D eigenvalue weighted by atomic mass is 35.5. The zero-order valence-electron chi connectivity index (χ0n) is 12.4. The fraction of sp³-hybridized carbons (Fsp3) is 0.375. The molecule has 0 radical (unpaired) electrons. The Hall–Kier alpha value is -1.85. The number of anilines is 1. The van der Waals surface area contributed by atoms with Crippen LogP contribution in [0, 0.1) is 0 Å². The summed E-state index contributed by atoms with van der Waals surface area (Å²) in [5, 5.41) is 10.6. The van der Waals surface area contributed by atoms with Gasteiger partial charge in [-0.25, -0.2) is 4.68 Å². The number of hydrogen-bond donors (Lipinski definition) is 2. The Morgan fingerprint density at radius 3 is 2.95 bits per heavy atom. The maximum absolute atomic E-state index is 12.1. The monoisotopic (exact) mass is 320 g/mol. The molecule has 2 aromatic rings. The van der Waals surface area contributed by atoms with Crippen LogP contribution in [0.25, 0.3) is 5.69 Å². The summed E-state index contributed by atoms with van der Waals surface area (Å²) in [4.78, 5) is 12.1. The second-order valence-electron chi connectivity index (χ2n) is 5.35. The molecular weight excluding hydrogens is 300 g/mol. The van der Waals surface area contributed by atoms with Crippen LogP contribution in [-0.2, 0) is 4.79 Å². The van der Waals surface area contributed by atoms with Gasteiger partial charge in [0, 0.05) is 24.9 Å². The van der Waals surface area contributed by atoms with E-state index in [1.807, 2.05) is 36.5 Å². The average Bonchev–Trinajstić information content (AvgIpc) is 3.19. The fourth-order valence-corrected chi connectivity index (χ4v) is 2.71. The Balaban J connectivity index is 0.00000176. The third kappa shape index (κ3) is 4.08. The number of hydrogen-bond acceptors (Lipinski definition) is 3. The summed E-state index contributed by atoms with van der Waals surface area (Å²) in [5.41, 5.74) is 1.68. The molecule has 3 rings (SSSR count). The normalized spacial score (nSPS) is 17.0. The van der Waals surface area contributed by atoms with E-state index in [4.69, 9.17) is 0 Å². The minimum absolute atomic E-state index is 0. The number of carbonyl (C=O) groups is 1. The van der Waals surface area contributed by atoms with Crippen molar-refractivity contribution in [2.24, 2.45) is 0 Å². The number of para-hydroxylation sites is 2. The van der Waals surface area contributed by atoms with Gasteiger partial charge in [0.1, 0.15) is 0 Å². The molecule has 0 spiro atoms. The summed E-state index contributed by atoms with van der Waals surface area (Å²) in [7, 11) is 0. The van der Waals surface area contributed by atoms with E-state index in [-0.39, 0.29) is 18.3 Å². The van der Waals surface area contributed by atoms with Gasteiger partial charge < -0.3 is 10.6 Å². The standard InChI is InChI=1S/C16H20N4O.ClH/c21-16(9-8-13-5-3-10-17-13)19-14-6-1-2-7-15(14)20-12-4-11-18-20;/h1-2,4,6-7,11-13,17H,3,5,8-10H2,(H,19,21);1H. The first-order chi connectivity index (χ1) is 10.3. The molecule has 1 aromatic heterocycles. The first kappa shape index (κ1) is 16.5. The van der Waals surface area contributed by atoms with E-state index in [0.29, 0.717) is 12.5 Å². The van der Waals surface area contributed by atoms with E-state index in [1.54, 1.807) is 10.9 Å². The number of amides is 1. The van der Waals surface area contributed by atoms with Gasteiger partial charge >= 0.3 is 0 Å². The van der Waals surface area contributed by atoms with E-state index in [9.17, 15) is 4.79 Å². The topological polar surface area (TPSA) is 59.0 Å². The number of nitrogens with zero attached hydrogens (tertiary/aromatic N) is 2. The van der Waals surface area contributed by atoms with Crippen molar-refractivity contribution in [1.29, 1.82) is 0 Å². The zero-order chi connectivity index (χ0) is 14.5. The third-order valence-electron chi connectivity index (χ3n) is 3.81. The summed E-state index contributed by atoms with van der Waals surface area (Å²) in [6, 6.07) is 10.1. The highest BCUT2D eigenvalue weighted by Gasteiger charge is 2.16. The molecule has 1 amide bonds. The van der Waals surface area contributed by atoms with E-state index < -0.39 is 0 Å². The zero-order valence-corrected chi connectivity index (χ0v) is 13.2. The molecule has 118 valence electrons. The van der Waals surface area contributed by atoms with Crippen LogP contribution in [0.3, 0.4) is 0 Å². The van der Waals surface area contributed by atoms with Crippen molar-refractivity contribution in [1.82, 2.24) is 15.1 Å². The SMILES string of the molecule is Cl.O=C(CCC1CCCN1)Nc1ccccc1-n1cccn1. The van der Waals surface area contributed by atoms with Gasteiger partial charge in [-0.3, -0.25) is 4.79 Å². The molecular formula is C16H21ClN4O. The van der Waals surface area contributed by atoms with Gasteiger partial charge in [-0.05, 0) is 44.0 Å². The quantitative estimate of drug-likeness (QED) is 0.890. The Kier molecular flexibility index (Phi) is 5.98. The van der Waals surface area contributed by atoms with Crippen molar-refractivity contribution in [3.05, 3.63) is 42.7 Å². The van der Waals surface area contributed by atoms with Gasteiger partial charge in [-0.15, -0.1) is 12.4 Å². The number of aromatic nitrogens is 2. The lowest BCUT2D eigenvalue weighted by Gasteiger charge is -2.12. The molecule has 1 saturated heterocycles. The van der Waals surface area contributed by atoms with Gasteiger partial charge in [0.25, 0.3) is 0 Å². The van der Waals surface area contributed by atoms with E-state index in [2.05, 4.69) is 15.7 Å². The van der Waals surface area contributed by atoms with Gasteiger partial charge in [-0.2, -0.15) is 5.10 Å². The van der Waals surface area contributed by atoms with Crippen molar-refractivity contribution in [2.45, 2.75) is 31.7 Å². The second-order valence-corrected chi connectivity index (χ2v) is 5.35. The van der Waals surface area contributed by atoms with Crippen LogP contribution in [0.1, 0.15) is 25.7 Å². The second kappa shape index (κ2) is 7.96. The molecule has 6 heteroatoms. The molecule has 0 bridgehead atoms. The summed E-state index contributed by atoms with van der Waals surface area (Å²) >= 11 is 0. The van der Waals surface area contributed by atoms with Crippen LogP contribution >= 0.6 is 12.4 Å². The number of benzene rings is 1. The first-order valence-electron chi connectivity index (χ1n) is 7.45. The molecule has 5 nitrogen and oxygen atoms in total. The van der Waals surface area contributed by atoms with Crippen molar-refractivity contribution in [3.8, 4) is 5.69 Å². The average molecular weight is 321 g/mol. The molecule has 22 heavy (non-hydrogen) atoms. The molecule has 2 N–H and O–H groups in total. The molecule has 1 unspecified atom stereocenters. The van der Waals surface area contributed by atoms with E-state index in [0.717, 1.165) is 24.3 Å². The van der Waals surface area contributed by atoms with Gasteiger partial charge in [0.2, 0.25) is 5.91 Å². The summed E-state index contributed by atoms with van der Waals surface area (Å²) in [5.74, 6) is 0.0586. The Morgan fingerprint density at radius 1 is 1.36 bits per heavy atom. The maximum Gasteiger partial charge on any atom is 0.224 e. The third-order valence-corrected chi connectivity index (χ3v) is 3.81. The molecule has 1 fully saturated rings. The molecule has 2 heterocycles. The van der Waals surface area contributed by atoms with Crippen LogP contribution in [0.2, 0.25) is 0 Å². The molecule has 1 aromatic carbocycles. The molecule has 0 saturated carbocycles. The number of carbonyl (C=O) groups excluding carboxylic acids is 1. The lowest BCUT2D eigenvalue weighted by molar-refractivity contribution is -0.116. The van der Waals surface area contributed by atoms with Crippen LogP contribution in [0.15, 0.2) is 42.7 Å². The van der Waals surface area contributed by atoms with Crippen LogP contribution < -0.4 is 10.6 Å². The molecule has 1 atom stereocenters. The molecule has 1 aliphatic heterocycles. The van der Waals surface area contributed by atoms with Gasteiger partial charge in [-0.1, -0.05) is 12.1 Å². The Labute approximate surface area is 136 Å². The number of nitrogens with one attached hydrogen (secondary N) is 2. The Morgan fingerprint density at radius 2 is 2.23 bits per heavy atom. The van der Waals surface area contributed by atoms with Gasteiger partial charge in [0.15, 0.2) is 0 Å². The lowest BCUT2D eigenvalue weighted by atomic mass is 10.1. The number of halogens is 1. The van der Waals surface area contributed by atoms with Crippen LogP contribution in [-0.4, -0.2) is 28.3 Å². The van der Waals surface area contributed by atoms with Crippen molar-refractivity contribution >= 4 is 24.0 Å². The van der Waals surface area contributed by atoms with Crippen molar-refractivity contribution in [2.75, 3.05) is 11.9 Å². The van der Waals surface area contributed by atoms with E-state index in [1.165, 1.54) is 12.8 Å². The van der Waals surface area contributed by atoms with Crippen LogP contribution in [0.4, 0.5) is 5.69 Å². The Bertz CT molecular complexity index is 594. The predicted molar refractivity (Wildman–Crippen MR) is 89.7 cm³/mol. The minimum Gasteiger partial charge on any atom is -0.324 e. The summed E-state index contributed by atoms with van der Waals surface area (Å²) < 4.78 is 1.76. The first-order valence-corrected chi connectivity index (χ1v) is 7.45. The minimum atomic E-state index is 0. The molecule has 0 aliphatic carbocycles. The lowest BCUT2D eigenvalue weighted by Crippen LogP contribution is -2.23. The predicted octanol–water partition coefficient (Wildman–Crippen LogP) is 2.76. The largest absolute Gasteiger partial charge is 0.324 e. The van der Waals surface area contributed by atoms with Crippen molar-refractivity contribution in [3.63, 3.8) is 0 Å². The highest BCUT2D eigenvalue weighted by molar-refractivity contribution is 5.92.